The largest absolute Gasteiger partial charge is 0.390 e. The maximum atomic E-state index is 12.8. The predicted octanol–water partition coefficient (Wildman–Crippen LogP) is 3.13. The Labute approximate surface area is 167 Å². The van der Waals surface area contributed by atoms with E-state index in [-0.39, 0.29) is 11.4 Å². The maximum absolute atomic E-state index is 12.8. The van der Waals surface area contributed by atoms with Crippen LogP contribution in [0, 0.1) is 5.92 Å². The summed E-state index contributed by atoms with van der Waals surface area (Å²) in [5, 5.41) is 12.1. The van der Waals surface area contributed by atoms with Crippen LogP contribution in [0.1, 0.15) is 38.5 Å². The van der Waals surface area contributed by atoms with Crippen LogP contribution >= 0.6 is 0 Å². The zero-order chi connectivity index (χ0) is 19.6. The van der Waals surface area contributed by atoms with Crippen molar-refractivity contribution in [1.82, 2.24) is 9.62 Å². The second-order valence-corrected chi connectivity index (χ2v) is 9.97. The van der Waals surface area contributed by atoms with Crippen LogP contribution in [0.5, 0.6) is 0 Å². The standard InChI is InChI=1S/C22H30N2O3S/c25-19(16-24-14-6-10-18-8-2-4-12-21(18)24)15-23-28(26,27)22-13-5-9-17-7-1-3-11-20(17)22/h1,3,5,7,9,11,13,18-19,21,23,25H,2,4,6,8,10,12,14-16H2/t18?,19-,21?/m0/s1. The second kappa shape index (κ2) is 8.49. The first kappa shape index (κ1) is 19.8. The van der Waals surface area contributed by atoms with Crippen LogP contribution in [0.4, 0.5) is 0 Å². The Hall–Kier alpha value is -1.47. The minimum absolute atomic E-state index is 0.0411. The molecule has 0 spiro atoms. The van der Waals surface area contributed by atoms with Gasteiger partial charge in [-0.1, -0.05) is 49.2 Å². The van der Waals surface area contributed by atoms with Crippen LogP contribution in [0.2, 0.25) is 0 Å². The summed E-state index contributed by atoms with van der Waals surface area (Å²) in [5.41, 5.74) is 0. The summed E-state index contributed by atoms with van der Waals surface area (Å²) in [6.07, 6.45) is 6.86. The van der Waals surface area contributed by atoms with E-state index < -0.39 is 16.1 Å². The van der Waals surface area contributed by atoms with E-state index in [9.17, 15) is 13.5 Å². The van der Waals surface area contributed by atoms with Crippen LogP contribution in [0.3, 0.4) is 0 Å². The highest BCUT2D eigenvalue weighted by Crippen LogP contribution is 2.35. The van der Waals surface area contributed by atoms with E-state index in [0.29, 0.717) is 18.0 Å². The fraction of sp³-hybridized carbons (Fsp3) is 0.545. The highest BCUT2D eigenvalue weighted by atomic mass is 32.2. The van der Waals surface area contributed by atoms with Gasteiger partial charge in [0.25, 0.3) is 0 Å². The van der Waals surface area contributed by atoms with E-state index in [1.807, 2.05) is 30.3 Å². The van der Waals surface area contributed by atoms with Crippen molar-refractivity contribution in [1.29, 1.82) is 0 Å². The molecule has 2 fully saturated rings. The molecule has 4 rings (SSSR count). The van der Waals surface area contributed by atoms with Gasteiger partial charge in [0.15, 0.2) is 0 Å². The number of aliphatic hydroxyl groups is 1. The van der Waals surface area contributed by atoms with E-state index >= 15 is 0 Å². The summed E-state index contributed by atoms with van der Waals surface area (Å²) in [6.45, 7) is 1.59. The molecule has 28 heavy (non-hydrogen) atoms. The van der Waals surface area contributed by atoms with Crippen molar-refractivity contribution in [2.75, 3.05) is 19.6 Å². The lowest BCUT2D eigenvalue weighted by molar-refractivity contribution is 0.0226. The molecule has 6 heteroatoms. The molecular formula is C22H30N2O3S. The summed E-state index contributed by atoms with van der Waals surface area (Å²) in [5.74, 6) is 0.752. The van der Waals surface area contributed by atoms with Crippen LogP contribution in [-0.2, 0) is 10.0 Å². The van der Waals surface area contributed by atoms with Crippen molar-refractivity contribution in [3.8, 4) is 0 Å². The number of β-amino-alcohol motifs (C(OH)–C–C–N with tert-alkyl or cyclic N) is 1. The van der Waals surface area contributed by atoms with Gasteiger partial charge in [-0.25, -0.2) is 13.1 Å². The molecule has 0 radical (unpaired) electrons. The average molecular weight is 403 g/mol. The fourth-order valence-corrected chi connectivity index (χ4v) is 6.30. The quantitative estimate of drug-likeness (QED) is 0.779. The van der Waals surface area contributed by atoms with Crippen molar-refractivity contribution >= 4 is 20.8 Å². The number of benzene rings is 2. The fourth-order valence-electron chi connectivity index (χ4n) is 5.00. The lowest BCUT2D eigenvalue weighted by atomic mass is 9.78. The highest BCUT2D eigenvalue weighted by Gasteiger charge is 2.34. The summed E-state index contributed by atoms with van der Waals surface area (Å²) in [4.78, 5) is 2.66. The summed E-state index contributed by atoms with van der Waals surface area (Å²) in [7, 11) is -3.67. The zero-order valence-electron chi connectivity index (χ0n) is 16.3. The molecule has 1 aliphatic carbocycles. The van der Waals surface area contributed by atoms with Crippen molar-refractivity contribution in [2.24, 2.45) is 5.92 Å². The SMILES string of the molecule is O=S(=O)(NC[C@H](O)CN1CCCC2CCCCC21)c1cccc2ccccc12. The Balaban J connectivity index is 1.40. The topological polar surface area (TPSA) is 69.6 Å². The van der Waals surface area contributed by atoms with E-state index in [2.05, 4.69) is 9.62 Å². The van der Waals surface area contributed by atoms with Gasteiger partial charge in [-0.3, -0.25) is 4.90 Å². The van der Waals surface area contributed by atoms with E-state index in [4.69, 9.17) is 0 Å². The molecule has 0 amide bonds. The molecule has 1 aliphatic heterocycles. The second-order valence-electron chi connectivity index (χ2n) is 8.23. The molecule has 0 bridgehead atoms. The molecule has 1 heterocycles. The van der Waals surface area contributed by atoms with Gasteiger partial charge in [0.1, 0.15) is 0 Å². The number of hydrogen-bond donors (Lipinski definition) is 2. The smallest absolute Gasteiger partial charge is 0.241 e. The number of hydrogen-bond acceptors (Lipinski definition) is 4. The molecule has 5 nitrogen and oxygen atoms in total. The maximum Gasteiger partial charge on any atom is 0.241 e. The molecule has 0 aromatic heterocycles. The van der Waals surface area contributed by atoms with Gasteiger partial charge in [0.05, 0.1) is 11.0 Å². The number of nitrogens with zero attached hydrogens (tertiary/aromatic N) is 1. The van der Waals surface area contributed by atoms with Crippen LogP contribution < -0.4 is 4.72 Å². The Morgan fingerprint density at radius 3 is 2.68 bits per heavy atom. The first-order chi connectivity index (χ1) is 13.5. The molecule has 2 aliphatic rings. The number of aliphatic hydroxyl groups excluding tert-OH is 1. The van der Waals surface area contributed by atoms with Gasteiger partial charge in [-0.05, 0) is 49.6 Å². The van der Waals surface area contributed by atoms with Gasteiger partial charge in [-0.2, -0.15) is 0 Å². The first-order valence-electron chi connectivity index (χ1n) is 10.4. The molecular weight excluding hydrogens is 372 g/mol. The number of nitrogens with one attached hydrogen (secondary N) is 1. The van der Waals surface area contributed by atoms with E-state index in [1.165, 1.54) is 38.5 Å². The van der Waals surface area contributed by atoms with Crippen molar-refractivity contribution in [3.63, 3.8) is 0 Å². The third-order valence-electron chi connectivity index (χ3n) is 6.35. The van der Waals surface area contributed by atoms with E-state index in [0.717, 1.165) is 17.8 Å². The van der Waals surface area contributed by atoms with Gasteiger partial charge >= 0.3 is 0 Å². The number of fused-ring (bicyclic) bond motifs is 2. The average Bonchev–Trinajstić information content (AvgIpc) is 2.72. The molecule has 1 saturated heterocycles. The van der Waals surface area contributed by atoms with Crippen LogP contribution in [0.25, 0.3) is 10.8 Å². The molecule has 2 N–H and O–H groups in total. The monoisotopic (exact) mass is 402 g/mol. The highest BCUT2D eigenvalue weighted by molar-refractivity contribution is 7.89. The number of likely N-dealkylation sites (tertiary alicyclic amines) is 1. The molecule has 1 saturated carbocycles. The molecule has 2 aromatic carbocycles. The molecule has 2 unspecified atom stereocenters. The number of piperidine rings is 1. The Morgan fingerprint density at radius 2 is 1.79 bits per heavy atom. The molecule has 152 valence electrons. The Bertz CT molecular complexity index is 908. The van der Waals surface area contributed by atoms with Crippen molar-refractivity contribution in [2.45, 2.75) is 55.6 Å². The number of sulfonamides is 1. The summed E-state index contributed by atoms with van der Waals surface area (Å²) in [6, 6.07) is 13.3. The van der Waals surface area contributed by atoms with Gasteiger partial charge < -0.3 is 5.11 Å². The summed E-state index contributed by atoms with van der Waals surface area (Å²) >= 11 is 0. The van der Waals surface area contributed by atoms with Gasteiger partial charge in [0.2, 0.25) is 10.0 Å². The minimum atomic E-state index is -3.67. The first-order valence-corrected chi connectivity index (χ1v) is 11.9. The van der Waals surface area contributed by atoms with Crippen LogP contribution in [0.15, 0.2) is 47.4 Å². The normalized spacial score (nSPS) is 24.8. The Morgan fingerprint density at radius 1 is 1.04 bits per heavy atom. The lowest BCUT2D eigenvalue weighted by Crippen LogP contribution is -2.51. The van der Waals surface area contributed by atoms with Gasteiger partial charge in [0, 0.05) is 24.5 Å². The minimum Gasteiger partial charge on any atom is -0.390 e. The summed E-state index contributed by atoms with van der Waals surface area (Å²) < 4.78 is 28.3. The lowest BCUT2D eigenvalue weighted by Gasteiger charge is -2.44. The van der Waals surface area contributed by atoms with E-state index in [1.54, 1.807) is 12.1 Å². The van der Waals surface area contributed by atoms with Crippen molar-refractivity contribution in [3.05, 3.63) is 42.5 Å². The third kappa shape index (κ3) is 4.25. The van der Waals surface area contributed by atoms with Gasteiger partial charge in [-0.15, -0.1) is 0 Å². The Kier molecular flexibility index (Phi) is 6.01. The molecule has 2 aromatic rings. The van der Waals surface area contributed by atoms with Crippen molar-refractivity contribution < 1.29 is 13.5 Å². The molecule has 3 atom stereocenters. The number of rotatable bonds is 6. The van der Waals surface area contributed by atoms with Crippen LogP contribution in [-0.4, -0.2) is 50.2 Å². The third-order valence-corrected chi connectivity index (χ3v) is 7.83. The zero-order valence-corrected chi connectivity index (χ0v) is 17.1. The predicted molar refractivity (Wildman–Crippen MR) is 112 cm³/mol.